The van der Waals surface area contributed by atoms with E-state index in [-0.39, 0.29) is 11.7 Å². The van der Waals surface area contributed by atoms with E-state index in [1.807, 2.05) is 32.1 Å². The first-order valence-electron chi connectivity index (χ1n) is 9.98. The second kappa shape index (κ2) is 11.0. The highest BCUT2D eigenvalue weighted by molar-refractivity contribution is 6.07. The van der Waals surface area contributed by atoms with Gasteiger partial charge in [0.15, 0.2) is 5.78 Å². The average Bonchev–Trinajstić information content (AvgIpc) is 2.74. The molecule has 0 saturated heterocycles. The van der Waals surface area contributed by atoms with Crippen LogP contribution in [0.1, 0.15) is 45.7 Å². The van der Waals surface area contributed by atoms with Gasteiger partial charge in [-0.15, -0.1) is 6.58 Å². The normalized spacial score (nSPS) is 10.7. The van der Waals surface area contributed by atoms with Crippen LogP contribution in [0.3, 0.4) is 0 Å². The summed E-state index contributed by atoms with van der Waals surface area (Å²) in [6, 6.07) is 10.5. The molecular weight excluding hydrogens is 378 g/mol. The van der Waals surface area contributed by atoms with Gasteiger partial charge in [-0.3, -0.25) is 9.59 Å². The van der Waals surface area contributed by atoms with E-state index >= 15 is 0 Å². The summed E-state index contributed by atoms with van der Waals surface area (Å²) in [7, 11) is 3.38. The Kier molecular flexibility index (Phi) is 8.41. The second-order valence-corrected chi connectivity index (χ2v) is 6.83. The lowest BCUT2D eigenvalue weighted by Crippen LogP contribution is -2.21. The van der Waals surface area contributed by atoms with Crippen LogP contribution in [0.25, 0.3) is 6.08 Å². The molecule has 0 aliphatic rings. The lowest BCUT2D eigenvalue weighted by atomic mass is 10.0. The Hall–Kier alpha value is -3.34. The van der Waals surface area contributed by atoms with Crippen LogP contribution in [-0.4, -0.2) is 43.9 Å². The summed E-state index contributed by atoms with van der Waals surface area (Å²) in [6.45, 7) is 8.70. The van der Waals surface area contributed by atoms with Crippen molar-refractivity contribution in [3.63, 3.8) is 0 Å². The fourth-order valence-electron chi connectivity index (χ4n) is 2.94. The number of amides is 1. The van der Waals surface area contributed by atoms with E-state index in [1.54, 1.807) is 44.4 Å². The third-order valence-electron chi connectivity index (χ3n) is 4.39. The summed E-state index contributed by atoms with van der Waals surface area (Å²) < 4.78 is 11.5. The number of hydrogen-bond donors (Lipinski definition) is 0. The van der Waals surface area contributed by atoms with Crippen molar-refractivity contribution in [1.82, 2.24) is 4.90 Å². The lowest BCUT2D eigenvalue weighted by molar-refractivity contribution is 0.0827. The number of hydrogen-bond acceptors (Lipinski definition) is 4. The molecule has 0 aromatic heterocycles. The number of ketones is 1. The zero-order chi connectivity index (χ0) is 22.1. The van der Waals surface area contributed by atoms with E-state index in [0.29, 0.717) is 36.5 Å². The molecule has 2 aromatic carbocycles. The number of benzene rings is 2. The topological polar surface area (TPSA) is 55.8 Å². The number of allylic oxidation sites excluding steroid dienone is 2. The first-order chi connectivity index (χ1) is 14.4. The van der Waals surface area contributed by atoms with Crippen molar-refractivity contribution in [3.8, 4) is 11.5 Å². The summed E-state index contributed by atoms with van der Waals surface area (Å²) in [4.78, 5) is 26.1. The van der Waals surface area contributed by atoms with E-state index < -0.39 is 0 Å². The van der Waals surface area contributed by atoms with Crippen LogP contribution in [0.5, 0.6) is 11.5 Å². The van der Waals surface area contributed by atoms with Gasteiger partial charge >= 0.3 is 0 Å². The Balaban J connectivity index is 2.30. The van der Waals surface area contributed by atoms with Gasteiger partial charge in [0.25, 0.3) is 5.91 Å². The molecule has 0 aliphatic heterocycles. The van der Waals surface area contributed by atoms with Crippen molar-refractivity contribution in [3.05, 3.63) is 77.4 Å². The van der Waals surface area contributed by atoms with Crippen molar-refractivity contribution in [1.29, 1.82) is 0 Å². The summed E-state index contributed by atoms with van der Waals surface area (Å²) in [5.74, 6) is 1.16. The quantitative estimate of drug-likeness (QED) is 0.322. The fourth-order valence-corrected chi connectivity index (χ4v) is 2.94. The number of carbonyl (C=O) groups excluding carboxylic acids is 2. The molecule has 0 radical (unpaired) electrons. The molecule has 30 heavy (non-hydrogen) atoms. The van der Waals surface area contributed by atoms with Gasteiger partial charge in [0.1, 0.15) is 11.5 Å². The highest BCUT2D eigenvalue weighted by Crippen LogP contribution is 2.31. The van der Waals surface area contributed by atoms with Gasteiger partial charge in [0.05, 0.1) is 13.2 Å². The number of nitrogens with zero attached hydrogens (tertiary/aromatic N) is 1. The molecule has 0 unspecified atom stereocenters. The number of ether oxygens (including phenoxy) is 2. The van der Waals surface area contributed by atoms with Gasteiger partial charge in [0, 0.05) is 36.9 Å². The molecule has 0 atom stereocenters. The van der Waals surface area contributed by atoms with Gasteiger partial charge in [-0.25, -0.2) is 0 Å². The van der Waals surface area contributed by atoms with E-state index in [1.165, 1.54) is 11.0 Å². The zero-order valence-electron chi connectivity index (χ0n) is 18.1. The fraction of sp³-hybridized carbons (Fsp3) is 0.280. The van der Waals surface area contributed by atoms with Crippen LogP contribution in [0.4, 0.5) is 0 Å². The Morgan fingerprint density at radius 3 is 2.13 bits per heavy atom. The van der Waals surface area contributed by atoms with Gasteiger partial charge in [0.2, 0.25) is 0 Å². The smallest absolute Gasteiger partial charge is 0.253 e. The van der Waals surface area contributed by atoms with Crippen LogP contribution in [0, 0.1) is 0 Å². The molecule has 5 nitrogen and oxygen atoms in total. The van der Waals surface area contributed by atoms with Crippen molar-refractivity contribution < 1.29 is 19.1 Å². The van der Waals surface area contributed by atoms with Gasteiger partial charge in [-0.2, -0.15) is 0 Å². The molecule has 0 fully saturated rings. The largest absolute Gasteiger partial charge is 0.493 e. The van der Waals surface area contributed by atoms with Crippen LogP contribution >= 0.6 is 0 Å². The molecular formula is C25H29NO4. The molecule has 0 bridgehead atoms. The van der Waals surface area contributed by atoms with Crippen molar-refractivity contribution in [2.75, 3.05) is 27.3 Å². The monoisotopic (exact) mass is 407 g/mol. The lowest BCUT2D eigenvalue weighted by Gasteiger charge is -2.14. The Bertz CT molecular complexity index is 927. The SMILES string of the molecule is C=CCc1cc(C=CC(=O)c2ccc(C(=O)N(C)C)cc2)c(OCC)cc1OCC. The molecule has 0 heterocycles. The molecule has 1 amide bonds. The summed E-state index contributed by atoms with van der Waals surface area (Å²) in [5, 5.41) is 0. The van der Waals surface area contributed by atoms with E-state index in [2.05, 4.69) is 6.58 Å². The summed E-state index contributed by atoms with van der Waals surface area (Å²) in [5.41, 5.74) is 2.83. The summed E-state index contributed by atoms with van der Waals surface area (Å²) in [6.07, 6.45) is 5.72. The third kappa shape index (κ3) is 5.83. The molecule has 0 saturated carbocycles. The molecule has 158 valence electrons. The van der Waals surface area contributed by atoms with Crippen LogP contribution in [0.2, 0.25) is 0 Å². The summed E-state index contributed by atoms with van der Waals surface area (Å²) >= 11 is 0. The van der Waals surface area contributed by atoms with E-state index in [9.17, 15) is 9.59 Å². The molecule has 5 heteroatoms. The van der Waals surface area contributed by atoms with Crippen LogP contribution < -0.4 is 9.47 Å². The molecule has 0 N–H and O–H groups in total. The van der Waals surface area contributed by atoms with E-state index in [0.717, 1.165) is 16.9 Å². The van der Waals surface area contributed by atoms with E-state index in [4.69, 9.17) is 9.47 Å². The minimum Gasteiger partial charge on any atom is -0.493 e. The maximum absolute atomic E-state index is 12.6. The van der Waals surface area contributed by atoms with Gasteiger partial charge in [-0.05, 0) is 56.2 Å². The highest BCUT2D eigenvalue weighted by atomic mass is 16.5. The maximum Gasteiger partial charge on any atom is 0.253 e. The highest BCUT2D eigenvalue weighted by Gasteiger charge is 2.12. The van der Waals surface area contributed by atoms with Gasteiger partial charge < -0.3 is 14.4 Å². The molecule has 2 aromatic rings. The van der Waals surface area contributed by atoms with Gasteiger partial charge in [-0.1, -0.05) is 18.2 Å². The predicted octanol–water partition coefficient (Wildman–Crippen LogP) is 4.81. The van der Waals surface area contributed by atoms with Crippen molar-refractivity contribution in [2.45, 2.75) is 20.3 Å². The first-order valence-corrected chi connectivity index (χ1v) is 9.98. The minimum atomic E-state index is -0.152. The van der Waals surface area contributed by atoms with Crippen LogP contribution in [0.15, 0.2) is 55.1 Å². The maximum atomic E-state index is 12.6. The molecule has 2 rings (SSSR count). The zero-order valence-corrected chi connectivity index (χ0v) is 18.1. The van der Waals surface area contributed by atoms with Crippen molar-refractivity contribution >= 4 is 17.8 Å². The molecule has 0 aliphatic carbocycles. The Morgan fingerprint density at radius 1 is 0.967 bits per heavy atom. The average molecular weight is 408 g/mol. The Morgan fingerprint density at radius 2 is 1.57 bits per heavy atom. The Labute approximate surface area is 178 Å². The standard InChI is InChI=1S/C25H29NO4/c1-6-9-20-16-21(24(30-8-3)17-23(20)29-7-2)14-15-22(27)18-10-12-19(13-11-18)25(28)26(4)5/h6,10-17H,1,7-9H2,2-5H3. The predicted molar refractivity (Wildman–Crippen MR) is 121 cm³/mol. The second-order valence-electron chi connectivity index (χ2n) is 6.83. The number of carbonyl (C=O) groups is 2. The minimum absolute atomic E-state index is 0.102. The van der Waals surface area contributed by atoms with Crippen LogP contribution in [-0.2, 0) is 6.42 Å². The molecule has 0 spiro atoms. The first kappa shape index (κ1) is 22.9. The van der Waals surface area contributed by atoms with Crippen molar-refractivity contribution in [2.24, 2.45) is 0 Å². The third-order valence-corrected chi connectivity index (χ3v) is 4.39. The number of rotatable bonds is 10.